The van der Waals surface area contributed by atoms with E-state index in [4.69, 9.17) is 4.74 Å². The first-order chi connectivity index (χ1) is 11.1. The quantitative estimate of drug-likeness (QED) is 0.858. The molecule has 120 valence electrons. The molecule has 0 radical (unpaired) electrons. The van der Waals surface area contributed by atoms with Crippen LogP contribution in [0.15, 0.2) is 42.5 Å². The van der Waals surface area contributed by atoms with Crippen LogP contribution in [-0.4, -0.2) is 24.5 Å². The van der Waals surface area contributed by atoms with Gasteiger partial charge in [-0.15, -0.1) is 0 Å². The van der Waals surface area contributed by atoms with Gasteiger partial charge in [-0.2, -0.15) is 0 Å². The van der Waals surface area contributed by atoms with E-state index in [1.165, 1.54) is 6.07 Å². The Labute approximate surface area is 133 Å². The van der Waals surface area contributed by atoms with Crippen molar-refractivity contribution in [2.24, 2.45) is 0 Å². The predicted molar refractivity (Wildman–Crippen MR) is 82.4 cm³/mol. The Morgan fingerprint density at radius 3 is 2.57 bits per heavy atom. The minimum atomic E-state index is -0.824. The van der Waals surface area contributed by atoms with Gasteiger partial charge in [-0.25, -0.2) is 8.78 Å². The van der Waals surface area contributed by atoms with Crippen LogP contribution in [-0.2, 0) is 0 Å². The molecule has 2 aromatic rings. The summed E-state index contributed by atoms with van der Waals surface area (Å²) < 4.78 is 32.0. The summed E-state index contributed by atoms with van der Waals surface area (Å²) in [6.07, 6.45) is 1.67. The van der Waals surface area contributed by atoms with Gasteiger partial charge in [0.1, 0.15) is 17.4 Å². The fourth-order valence-electron chi connectivity index (χ4n) is 3.00. The van der Waals surface area contributed by atoms with Crippen molar-refractivity contribution >= 4 is 5.91 Å². The molecular weight excluding hydrogens is 300 g/mol. The van der Waals surface area contributed by atoms with E-state index in [0.717, 1.165) is 36.3 Å². The van der Waals surface area contributed by atoms with Gasteiger partial charge < -0.3 is 9.64 Å². The molecule has 0 N–H and O–H groups in total. The normalized spacial score (nSPS) is 17.3. The molecule has 2 aromatic carbocycles. The molecule has 0 saturated carbocycles. The van der Waals surface area contributed by atoms with E-state index < -0.39 is 17.5 Å². The predicted octanol–water partition coefficient (Wildman–Crippen LogP) is 3.95. The number of ether oxygens (including phenoxy) is 1. The number of likely N-dealkylation sites (tertiary alicyclic amines) is 1. The summed E-state index contributed by atoms with van der Waals surface area (Å²) in [5.41, 5.74) is 0.894. The molecule has 5 heteroatoms. The molecule has 1 atom stereocenters. The van der Waals surface area contributed by atoms with E-state index in [1.807, 2.05) is 24.3 Å². The number of amides is 1. The molecule has 0 spiro atoms. The van der Waals surface area contributed by atoms with Crippen LogP contribution < -0.4 is 4.74 Å². The Morgan fingerprint density at radius 1 is 1.17 bits per heavy atom. The average molecular weight is 317 g/mol. The Balaban J connectivity index is 1.86. The highest BCUT2D eigenvalue weighted by Crippen LogP contribution is 2.34. The fraction of sp³-hybridized carbons (Fsp3) is 0.278. The van der Waals surface area contributed by atoms with Gasteiger partial charge in [0.25, 0.3) is 5.91 Å². The summed E-state index contributed by atoms with van der Waals surface area (Å²) in [7, 11) is 1.59. The third-order valence-corrected chi connectivity index (χ3v) is 4.18. The second-order valence-electron chi connectivity index (χ2n) is 5.55. The molecule has 3 rings (SSSR count). The molecule has 3 nitrogen and oxygen atoms in total. The minimum Gasteiger partial charge on any atom is -0.497 e. The lowest BCUT2D eigenvalue weighted by molar-refractivity contribution is 0.0731. The van der Waals surface area contributed by atoms with Gasteiger partial charge in [-0.3, -0.25) is 4.79 Å². The van der Waals surface area contributed by atoms with Crippen LogP contribution in [0.2, 0.25) is 0 Å². The molecule has 1 aliphatic rings. The lowest BCUT2D eigenvalue weighted by Gasteiger charge is -2.25. The number of rotatable bonds is 3. The van der Waals surface area contributed by atoms with Crippen molar-refractivity contribution < 1.29 is 18.3 Å². The van der Waals surface area contributed by atoms with Crippen molar-refractivity contribution in [3.63, 3.8) is 0 Å². The van der Waals surface area contributed by atoms with Crippen molar-refractivity contribution in [3.8, 4) is 5.75 Å². The number of halogens is 2. The monoisotopic (exact) mass is 317 g/mol. The number of carbonyl (C=O) groups excluding carboxylic acids is 1. The van der Waals surface area contributed by atoms with E-state index in [0.29, 0.717) is 6.54 Å². The van der Waals surface area contributed by atoms with E-state index in [2.05, 4.69) is 0 Å². The summed E-state index contributed by atoms with van der Waals surface area (Å²) in [4.78, 5) is 14.3. The first kappa shape index (κ1) is 15.5. The fourth-order valence-corrected chi connectivity index (χ4v) is 3.00. The van der Waals surface area contributed by atoms with Crippen LogP contribution in [0, 0.1) is 11.6 Å². The van der Waals surface area contributed by atoms with E-state index in [-0.39, 0.29) is 11.6 Å². The van der Waals surface area contributed by atoms with Crippen molar-refractivity contribution in [2.45, 2.75) is 18.9 Å². The SMILES string of the molecule is COc1ccc([C@H]2CCCN2C(=O)c2ccc(F)cc2F)cc1. The van der Waals surface area contributed by atoms with Gasteiger partial charge in [0.2, 0.25) is 0 Å². The second-order valence-corrected chi connectivity index (χ2v) is 5.55. The van der Waals surface area contributed by atoms with Gasteiger partial charge in [0.05, 0.1) is 18.7 Å². The maximum atomic E-state index is 13.9. The second kappa shape index (κ2) is 6.36. The summed E-state index contributed by atoms with van der Waals surface area (Å²) in [6, 6.07) is 10.5. The zero-order chi connectivity index (χ0) is 16.4. The third-order valence-electron chi connectivity index (χ3n) is 4.18. The topological polar surface area (TPSA) is 29.5 Å². The first-order valence-corrected chi connectivity index (χ1v) is 7.50. The third kappa shape index (κ3) is 3.04. The van der Waals surface area contributed by atoms with Crippen LogP contribution >= 0.6 is 0 Å². The zero-order valence-corrected chi connectivity index (χ0v) is 12.8. The van der Waals surface area contributed by atoms with Crippen LogP contribution in [0.25, 0.3) is 0 Å². The zero-order valence-electron chi connectivity index (χ0n) is 12.8. The van der Waals surface area contributed by atoms with Crippen LogP contribution in [0.4, 0.5) is 8.78 Å². The smallest absolute Gasteiger partial charge is 0.257 e. The Bertz CT molecular complexity index is 715. The molecule has 23 heavy (non-hydrogen) atoms. The lowest BCUT2D eigenvalue weighted by Crippen LogP contribution is -2.31. The molecule has 1 amide bonds. The first-order valence-electron chi connectivity index (χ1n) is 7.50. The number of benzene rings is 2. The van der Waals surface area contributed by atoms with Crippen molar-refractivity contribution in [1.29, 1.82) is 0 Å². The average Bonchev–Trinajstić information content (AvgIpc) is 3.04. The van der Waals surface area contributed by atoms with E-state index in [1.54, 1.807) is 12.0 Å². The number of nitrogens with zero attached hydrogens (tertiary/aromatic N) is 1. The Kier molecular flexibility index (Phi) is 4.28. The molecule has 0 unspecified atom stereocenters. The summed E-state index contributed by atoms with van der Waals surface area (Å²) >= 11 is 0. The standard InChI is InChI=1S/C18H17F2NO2/c1-23-14-7-4-12(5-8-14)17-3-2-10-21(17)18(22)15-9-6-13(19)11-16(15)20/h4-9,11,17H,2-3,10H2,1H3/t17-/m1/s1. The summed E-state index contributed by atoms with van der Waals surface area (Å²) in [5, 5.41) is 0. The molecule has 0 aliphatic carbocycles. The van der Waals surface area contributed by atoms with Crippen molar-refractivity contribution in [2.75, 3.05) is 13.7 Å². The van der Waals surface area contributed by atoms with Crippen LogP contribution in [0.3, 0.4) is 0 Å². The highest BCUT2D eigenvalue weighted by Gasteiger charge is 2.31. The van der Waals surface area contributed by atoms with Crippen molar-refractivity contribution in [3.05, 3.63) is 65.2 Å². The van der Waals surface area contributed by atoms with Gasteiger partial charge >= 0.3 is 0 Å². The molecule has 0 bridgehead atoms. The van der Waals surface area contributed by atoms with Gasteiger partial charge in [-0.05, 0) is 42.7 Å². The van der Waals surface area contributed by atoms with Gasteiger partial charge in [0, 0.05) is 12.6 Å². The number of hydrogen-bond acceptors (Lipinski definition) is 2. The highest BCUT2D eigenvalue weighted by molar-refractivity contribution is 5.95. The molecular formula is C18H17F2NO2. The van der Waals surface area contributed by atoms with Crippen molar-refractivity contribution in [1.82, 2.24) is 4.90 Å². The largest absolute Gasteiger partial charge is 0.497 e. The summed E-state index contributed by atoms with van der Waals surface area (Å²) in [6.45, 7) is 0.562. The Hall–Kier alpha value is -2.43. The van der Waals surface area contributed by atoms with Crippen LogP contribution in [0.5, 0.6) is 5.75 Å². The minimum absolute atomic E-state index is 0.0909. The summed E-state index contributed by atoms with van der Waals surface area (Å²) in [5.74, 6) is -1.17. The number of carbonyl (C=O) groups is 1. The number of hydrogen-bond donors (Lipinski definition) is 0. The van der Waals surface area contributed by atoms with Gasteiger partial charge in [-0.1, -0.05) is 12.1 Å². The molecule has 1 saturated heterocycles. The van der Waals surface area contributed by atoms with Gasteiger partial charge in [0.15, 0.2) is 0 Å². The Morgan fingerprint density at radius 2 is 1.91 bits per heavy atom. The molecule has 1 heterocycles. The maximum Gasteiger partial charge on any atom is 0.257 e. The van der Waals surface area contributed by atoms with Crippen LogP contribution in [0.1, 0.15) is 34.8 Å². The molecule has 1 fully saturated rings. The van der Waals surface area contributed by atoms with E-state index in [9.17, 15) is 13.6 Å². The van der Waals surface area contributed by atoms with E-state index >= 15 is 0 Å². The molecule has 1 aliphatic heterocycles. The number of methoxy groups -OCH3 is 1. The molecule has 0 aromatic heterocycles. The lowest BCUT2D eigenvalue weighted by atomic mass is 10.0. The highest BCUT2D eigenvalue weighted by atomic mass is 19.1. The maximum absolute atomic E-state index is 13.9.